The highest BCUT2D eigenvalue weighted by molar-refractivity contribution is 6.31. The largest absolute Gasteiger partial charge is 0.493 e. The second kappa shape index (κ2) is 9.39. The molecule has 5 heterocycles. The monoisotopic (exact) mass is 506 g/mol. The number of hydrogen-bond acceptors (Lipinski definition) is 6. The van der Waals surface area contributed by atoms with E-state index in [2.05, 4.69) is 25.3 Å². The number of pyridine rings is 1. The average molecular weight is 507 g/mol. The van der Waals surface area contributed by atoms with Gasteiger partial charge in [-0.05, 0) is 42.5 Å². The Morgan fingerprint density at radius 2 is 2.19 bits per heavy atom. The van der Waals surface area contributed by atoms with Gasteiger partial charge >= 0.3 is 0 Å². The van der Waals surface area contributed by atoms with Crippen molar-refractivity contribution in [1.29, 1.82) is 0 Å². The molecule has 0 radical (unpaired) electrons. The number of ether oxygens (including phenoxy) is 1. The lowest BCUT2D eigenvalue weighted by Gasteiger charge is -2.33. The van der Waals surface area contributed by atoms with Crippen molar-refractivity contribution in [1.82, 2.24) is 24.8 Å². The van der Waals surface area contributed by atoms with Gasteiger partial charge in [0.25, 0.3) is 5.91 Å². The maximum Gasteiger partial charge on any atom is 0.253 e. The van der Waals surface area contributed by atoms with Gasteiger partial charge in [-0.15, -0.1) is 0 Å². The van der Waals surface area contributed by atoms with Gasteiger partial charge in [0.05, 0.1) is 17.8 Å². The van der Waals surface area contributed by atoms with Crippen LogP contribution in [0, 0.1) is 11.7 Å². The molecule has 6 rings (SSSR count). The van der Waals surface area contributed by atoms with E-state index in [9.17, 15) is 9.18 Å². The number of carbonyl (C=O) groups excluding carboxylic acids is 1. The van der Waals surface area contributed by atoms with E-state index in [-0.39, 0.29) is 17.6 Å². The Kier molecular flexibility index (Phi) is 5.92. The van der Waals surface area contributed by atoms with Crippen molar-refractivity contribution >= 4 is 34.4 Å². The molecule has 0 spiro atoms. The number of H-pyrrole nitrogens is 1. The van der Waals surface area contributed by atoms with E-state index in [1.54, 1.807) is 18.5 Å². The normalized spacial score (nSPS) is 17.2. The lowest BCUT2D eigenvalue weighted by Crippen LogP contribution is -2.41. The number of benzene rings is 1. The second-order valence-electron chi connectivity index (χ2n) is 9.20. The zero-order valence-electron chi connectivity index (χ0n) is 19.4. The minimum Gasteiger partial charge on any atom is -0.493 e. The van der Waals surface area contributed by atoms with Crippen LogP contribution in [0.4, 0.5) is 10.2 Å². The van der Waals surface area contributed by atoms with Gasteiger partial charge in [-0.25, -0.2) is 19.3 Å². The van der Waals surface area contributed by atoms with Crippen molar-refractivity contribution in [2.75, 3.05) is 31.6 Å². The summed E-state index contributed by atoms with van der Waals surface area (Å²) in [6.07, 6.45) is 7.16. The van der Waals surface area contributed by atoms with Crippen LogP contribution >= 0.6 is 11.6 Å². The van der Waals surface area contributed by atoms with Crippen LogP contribution < -0.4 is 10.1 Å². The van der Waals surface area contributed by atoms with E-state index < -0.39 is 5.82 Å². The zero-order chi connectivity index (χ0) is 24.6. The van der Waals surface area contributed by atoms with Gasteiger partial charge in [-0.3, -0.25) is 4.79 Å². The SMILES string of the molecule is O=C(c1ccc2c(c1)OCC2)N1CCC[C@@H](CNc2nc(-c3c[nH]c4ncc(Cl)cc34)ncc2F)C1. The van der Waals surface area contributed by atoms with E-state index in [1.165, 1.54) is 0 Å². The molecule has 1 atom stereocenters. The summed E-state index contributed by atoms with van der Waals surface area (Å²) in [5.41, 5.74) is 3.13. The van der Waals surface area contributed by atoms with Crippen molar-refractivity contribution in [3.8, 4) is 17.1 Å². The first kappa shape index (κ1) is 22.7. The van der Waals surface area contributed by atoms with Gasteiger partial charge in [0.15, 0.2) is 17.5 Å². The van der Waals surface area contributed by atoms with Crippen LogP contribution in [0.1, 0.15) is 28.8 Å². The van der Waals surface area contributed by atoms with Crippen molar-refractivity contribution < 1.29 is 13.9 Å². The Morgan fingerprint density at radius 3 is 3.11 bits per heavy atom. The zero-order valence-corrected chi connectivity index (χ0v) is 20.2. The van der Waals surface area contributed by atoms with Crippen LogP contribution in [0.15, 0.2) is 42.9 Å². The molecule has 0 saturated carbocycles. The molecule has 1 amide bonds. The van der Waals surface area contributed by atoms with Gasteiger partial charge in [0.1, 0.15) is 11.4 Å². The van der Waals surface area contributed by atoms with Crippen LogP contribution in [0.5, 0.6) is 5.75 Å². The lowest BCUT2D eigenvalue weighted by molar-refractivity contribution is 0.0680. The van der Waals surface area contributed by atoms with Crippen LogP contribution in [0.25, 0.3) is 22.4 Å². The third kappa shape index (κ3) is 4.35. The summed E-state index contributed by atoms with van der Waals surface area (Å²) < 4.78 is 20.2. The summed E-state index contributed by atoms with van der Waals surface area (Å²) in [5.74, 6) is 0.940. The van der Waals surface area contributed by atoms with Crippen molar-refractivity contribution in [3.05, 3.63) is 64.8 Å². The van der Waals surface area contributed by atoms with Crippen molar-refractivity contribution in [2.45, 2.75) is 19.3 Å². The van der Waals surface area contributed by atoms with Crippen LogP contribution in [0.2, 0.25) is 5.02 Å². The minimum absolute atomic E-state index is 0.000101. The molecule has 36 heavy (non-hydrogen) atoms. The molecule has 1 fully saturated rings. The summed E-state index contributed by atoms with van der Waals surface area (Å²) in [7, 11) is 0. The number of carbonyl (C=O) groups is 1. The maximum atomic E-state index is 14.6. The van der Waals surface area contributed by atoms with E-state index >= 15 is 0 Å². The highest BCUT2D eigenvalue weighted by Gasteiger charge is 2.26. The molecule has 3 aromatic heterocycles. The fourth-order valence-electron chi connectivity index (χ4n) is 4.92. The summed E-state index contributed by atoms with van der Waals surface area (Å²) in [4.78, 5) is 30.9. The second-order valence-corrected chi connectivity index (χ2v) is 9.64. The third-order valence-corrected chi connectivity index (χ3v) is 7.00. The number of rotatable bonds is 5. The number of nitrogens with zero attached hydrogens (tertiary/aromatic N) is 4. The molecule has 0 aliphatic carbocycles. The van der Waals surface area contributed by atoms with Crippen LogP contribution in [-0.4, -0.2) is 57.0 Å². The topological polar surface area (TPSA) is 96.0 Å². The number of anilines is 1. The van der Waals surface area contributed by atoms with E-state index in [0.29, 0.717) is 53.9 Å². The van der Waals surface area contributed by atoms with Crippen molar-refractivity contribution in [2.24, 2.45) is 5.92 Å². The van der Waals surface area contributed by atoms with E-state index in [0.717, 1.165) is 42.2 Å². The molecule has 0 unspecified atom stereocenters. The number of piperidine rings is 1. The number of amides is 1. The Bertz CT molecular complexity index is 1460. The Balaban J connectivity index is 1.15. The lowest BCUT2D eigenvalue weighted by atomic mass is 9.97. The Labute approximate surface area is 211 Å². The standard InChI is InChI=1S/C26H24ClFN6O2/c27-18-9-19-20(12-31-23(19)30-11-18)24-32-13-21(28)25(33-24)29-10-15-2-1-6-34(14-15)26(35)17-4-3-16-5-7-36-22(16)8-17/h3-4,8-9,11-13,15H,1-2,5-7,10,14H2,(H,30,31)(H,29,32,33)/t15-/m0/s1. The molecule has 0 bridgehead atoms. The van der Waals surface area contributed by atoms with Gasteiger partial charge in [-0.1, -0.05) is 17.7 Å². The number of hydrogen-bond donors (Lipinski definition) is 2. The molecule has 2 N–H and O–H groups in total. The van der Waals surface area contributed by atoms with Gasteiger partial charge in [0, 0.05) is 55.0 Å². The summed E-state index contributed by atoms with van der Waals surface area (Å²) in [5, 5.41) is 4.40. The molecule has 1 aromatic carbocycles. The minimum atomic E-state index is -0.531. The molecule has 8 nitrogen and oxygen atoms in total. The summed E-state index contributed by atoms with van der Waals surface area (Å²) >= 11 is 6.10. The maximum absolute atomic E-state index is 14.6. The number of aromatic amines is 1. The molecular formula is C26H24ClFN6O2. The summed E-state index contributed by atoms with van der Waals surface area (Å²) in [6, 6.07) is 7.47. The molecule has 1 saturated heterocycles. The predicted molar refractivity (Wildman–Crippen MR) is 135 cm³/mol. The fourth-order valence-corrected chi connectivity index (χ4v) is 5.08. The first-order valence-electron chi connectivity index (χ1n) is 12.0. The highest BCUT2D eigenvalue weighted by atomic mass is 35.5. The molecular weight excluding hydrogens is 483 g/mol. The molecule has 4 aromatic rings. The molecule has 184 valence electrons. The van der Waals surface area contributed by atoms with E-state index in [4.69, 9.17) is 16.3 Å². The van der Waals surface area contributed by atoms with Gasteiger partial charge < -0.3 is 19.9 Å². The molecule has 2 aliphatic heterocycles. The highest BCUT2D eigenvalue weighted by Crippen LogP contribution is 2.29. The van der Waals surface area contributed by atoms with E-state index in [1.807, 2.05) is 23.1 Å². The van der Waals surface area contributed by atoms with Gasteiger partial charge in [0.2, 0.25) is 0 Å². The number of halogens is 2. The Hall–Kier alpha value is -3.72. The Morgan fingerprint density at radius 1 is 1.28 bits per heavy atom. The van der Waals surface area contributed by atoms with Crippen LogP contribution in [-0.2, 0) is 6.42 Å². The van der Waals surface area contributed by atoms with Gasteiger partial charge in [-0.2, -0.15) is 0 Å². The molecule has 10 heteroatoms. The number of likely N-dealkylation sites (tertiary alicyclic amines) is 1. The first-order chi connectivity index (χ1) is 17.5. The third-order valence-electron chi connectivity index (χ3n) is 6.79. The molecule has 2 aliphatic rings. The number of aromatic nitrogens is 4. The number of nitrogens with one attached hydrogen (secondary N) is 2. The van der Waals surface area contributed by atoms with Crippen LogP contribution in [0.3, 0.4) is 0 Å². The quantitative estimate of drug-likeness (QED) is 0.407. The summed E-state index contributed by atoms with van der Waals surface area (Å²) in [6.45, 7) is 2.45. The first-order valence-corrected chi connectivity index (χ1v) is 12.4. The fraction of sp³-hybridized carbons (Fsp3) is 0.308. The van der Waals surface area contributed by atoms with Crippen molar-refractivity contribution in [3.63, 3.8) is 0 Å². The average Bonchev–Trinajstić information content (AvgIpc) is 3.54. The number of fused-ring (bicyclic) bond motifs is 2. The smallest absolute Gasteiger partial charge is 0.253 e. The predicted octanol–water partition coefficient (Wildman–Crippen LogP) is 4.71.